The third-order valence-electron chi connectivity index (χ3n) is 4.05. The highest BCUT2D eigenvalue weighted by molar-refractivity contribution is 5.92. The number of hydrogen-bond donors (Lipinski definition) is 0. The molecule has 0 heterocycles. The van der Waals surface area contributed by atoms with E-state index in [-0.39, 0.29) is 22.1 Å². The maximum absolute atomic E-state index is 14.3. The molecule has 156 valence electrons. The zero-order valence-corrected chi connectivity index (χ0v) is 15.7. The molecule has 0 N–H and O–H groups in total. The Balaban J connectivity index is 1.78. The Hall–Kier alpha value is -3.55. The number of hydrogen-bond acceptors (Lipinski definition) is 4. The maximum atomic E-state index is 14.3. The predicted molar refractivity (Wildman–Crippen MR) is 102 cm³/mol. The van der Waals surface area contributed by atoms with Crippen LogP contribution in [0.1, 0.15) is 17.3 Å². The van der Waals surface area contributed by atoms with Gasteiger partial charge in [0.2, 0.25) is 0 Å². The van der Waals surface area contributed by atoms with Crippen LogP contribution in [0.3, 0.4) is 0 Å². The molecule has 0 radical (unpaired) electrons. The summed E-state index contributed by atoms with van der Waals surface area (Å²) in [6.45, 7) is -1.10. The van der Waals surface area contributed by atoms with Crippen LogP contribution in [0.4, 0.5) is 17.6 Å². The third-order valence-corrected chi connectivity index (χ3v) is 4.05. The Morgan fingerprint density at radius 2 is 1.73 bits per heavy atom. The lowest BCUT2D eigenvalue weighted by atomic mass is 10.1. The SMILES string of the molecule is CC=CCOc1ccc(C(=O)Oc2ccc3c(F)c(OC(F)F)c(F)cc3c2)cc1. The number of carbonyl (C=O) groups is 1. The molecule has 4 nitrogen and oxygen atoms in total. The molecule has 0 bridgehead atoms. The molecule has 0 aliphatic carbocycles. The van der Waals surface area contributed by atoms with Crippen molar-refractivity contribution in [2.24, 2.45) is 0 Å². The summed E-state index contributed by atoms with van der Waals surface area (Å²) in [6.07, 6.45) is 3.68. The van der Waals surface area contributed by atoms with Crippen LogP contribution in [0.15, 0.2) is 60.7 Å². The summed E-state index contributed by atoms with van der Waals surface area (Å²) in [4.78, 5) is 12.3. The van der Waals surface area contributed by atoms with Crippen LogP contribution in [0, 0.1) is 11.6 Å². The molecule has 0 aliphatic heterocycles. The van der Waals surface area contributed by atoms with Crippen molar-refractivity contribution in [2.75, 3.05) is 6.61 Å². The van der Waals surface area contributed by atoms with Crippen molar-refractivity contribution in [3.63, 3.8) is 0 Å². The van der Waals surface area contributed by atoms with Gasteiger partial charge in [-0.1, -0.05) is 12.2 Å². The Morgan fingerprint density at radius 1 is 1.03 bits per heavy atom. The van der Waals surface area contributed by atoms with Gasteiger partial charge in [0.15, 0.2) is 17.4 Å². The van der Waals surface area contributed by atoms with E-state index in [1.54, 1.807) is 12.1 Å². The highest BCUT2D eigenvalue weighted by atomic mass is 19.3. The van der Waals surface area contributed by atoms with E-state index in [0.29, 0.717) is 12.4 Å². The molecule has 8 heteroatoms. The largest absolute Gasteiger partial charge is 0.490 e. The lowest BCUT2D eigenvalue weighted by molar-refractivity contribution is -0.0544. The maximum Gasteiger partial charge on any atom is 0.387 e. The van der Waals surface area contributed by atoms with Crippen molar-refractivity contribution in [3.05, 3.63) is 77.9 Å². The van der Waals surface area contributed by atoms with Crippen LogP contribution < -0.4 is 14.2 Å². The number of ether oxygens (including phenoxy) is 3. The first-order chi connectivity index (χ1) is 14.4. The summed E-state index contributed by atoms with van der Waals surface area (Å²) in [7, 11) is 0. The normalized spacial score (nSPS) is 11.3. The van der Waals surface area contributed by atoms with Crippen LogP contribution in [-0.4, -0.2) is 19.2 Å². The molecular weight excluding hydrogens is 404 g/mol. The van der Waals surface area contributed by atoms with E-state index in [1.165, 1.54) is 30.3 Å². The molecule has 3 rings (SSSR count). The first-order valence-corrected chi connectivity index (χ1v) is 8.82. The van der Waals surface area contributed by atoms with Crippen molar-refractivity contribution >= 4 is 16.7 Å². The quantitative estimate of drug-likeness (QED) is 0.207. The first-order valence-electron chi connectivity index (χ1n) is 8.82. The summed E-state index contributed by atoms with van der Waals surface area (Å²) < 4.78 is 67.4. The molecule has 0 aromatic heterocycles. The summed E-state index contributed by atoms with van der Waals surface area (Å²) in [5, 5.41) is -0.140. The minimum atomic E-state index is -3.37. The van der Waals surface area contributed by atoms with Gasteiger partial charge in [-0.15, -0.1) is 0 Å². The Kier molecular flexibility index (Phi) is 6.56. The Bertz CT molecular complexity index is 1080. The molecule has 0 amide bonds. The van der Waals surface area contributed by atoms with Crippen LogP contribution >= 0.6 is 0 Å². The van der Waals surface area contributed by atoms with Crippen LogP contribution in [0.5, 0.6) is 17.2 Å². The second-order valence-corrected chi connectivity index (χ2v) is 6.06. The fraction of sp³-hybridized carbons (Fsp3) is 0.136. The van der Waals surface area contributed by atoms with E-state index in [1.807, 2.05) is 19.1 Å². The second kappa shape index (κ2) is 9.30. The van der Waals surface area contributed by atoms with Gasteiger partial charge in [0.05, 0.1) is 5.56 Å². The minimum Gasteiger partial charge on any atom is -0.490 e. The summed E-state index contributed by atoms with van der Waals surface area (Å²) in [5.74, 6) is -3.81. The first kappa shape index (κ1) is 21.2. The lowest BCUT2D eigenvalue weighted by Gasteiger charge is -2.11. The molecule has 3 aromatic carbocycles. The van der Waals surface area contributed by atoms with Gasteiger partial charge in [-0.25, -0.2) is 13.6 Å². The number of esters is 1. The summed E-state index contributed by atoms with van der Waals surface area (Å²) in [6, 6.07) is 10.7. The minimum absolute atomic E-state index is 0.0182. The topological polar surface area (TPSA) is 44.8 Å². The molecule has 0 aliphatic rings. The smallest absolute Gasteiger partial charge is 0.387 e. The molecular formula is C22H16F4O4. The van der Waals surface area contributed by atoms with E-state index in [0.717, 1.165) is 6.07 Å². The second-order valence-electron chi connectivity index (χ2n) is 6.06. The van der Waals surface area contributed by atoms with Crippen molar-refractivity contribution in [1.29, 1.82) is 0 Å². The van der Waals surface area contributed by atoms with Crippen molar-refractivity contribution < 1.29 is 36.6 Å². The number of benzene rings is 3. The van der Waals surface area contributed by atoms with Gasteiger partial charge in [-0.2, -0.15) is 8.78 Å². The Labute approximate surface area is 169 Å². The third kappa shape index (κ3) is 4.89. The number of rotatable bonds is 7. The highest BCUT2D eigenvalue weighted by Gasteiger charge is 2.19. The van der Waals surface area contributed by atoms with Gasteiger partial charge in [0.25, 0.3) is 0 Å². The van der Waals surface area contributed by atoms with E-state index < -0.39 is 30.0 Å². The zero-order chi connectivity index (χ0) is 21.7. The highest BCUT2D eigenvalue weighted by Crippen LogP contribution is 2.33. The van der Waals surface area contributed by atoms with Gasteiger partial charge in [-0.3, -0.25) is 0 Å². The molecule has 0 atom stereocenters. The van der Waals surface area contributed by atoms with Crippen LogP contribution in [0.25, 0.3) is 10.8 Å². The molecule has 0 saturated heterocycles. The van der Waals surface area contributed by atoms with E-state index in [9.17, 15) is 22.4 Å². The monoisotopic (exact) mass is 420 g/mol. The molecule has 0 saturated carbocycles. The molecule has 0 spiro atoms. The Morgan fingerprint density at radius 3 is 2.40 bits per heavy atom. The van der Waals surface area contributed by atoms with Gasteiger partial charge >= 0.3 is 12.6 Å². The average molecular weight is 420 g/mol. The predicted octanol–water partition coefficient (Wildman–Crippen LogP) is 5.89. The number of carbonyl (C=O) groups excluding carboxylic acids is 1. The molecule has 30 heavy (non-hydrogen) atoms. The molecule has 0 unspecified atom stereocenters. The number of fused-ring (bicyclic) bond motifs is 1. The number of halogens is 4. The molecule has 3 aromatic rings. The van der Waals surface area contributed by atoms with Crippen LogP contribution in [0.2, 0.25) is 0 Å². The standard InChI is InChI=1S/C22H16F4O4/c1-2-3-10-28-15-6-4-13(5-7-15)21(27)29-16-8-9-17-14(11-16)12-18(23)20(19(17)24)30-22(25)26/h2-9,11-12,22H,10H2,1H3. The van der Waals surface area contributed by atoms with Crippen molar-refractivity contribution in [2.45, 2.75) is 13.5 Å². The summed E-state index contributed by atoms with van der Waals surface area (Å²) in [5.41, 5.74) is 0.242. The average Bonchev–Trinajstić information content (AvgIpc) is 2.71. The van der Waals surface area contributed by atoms with Crippen molar-refractivity contribution in [3.8, 4) is 17.2 Å². The van der Waals surface area contributed by atoms with Crippen molar-refractivity contribution in [1.82, 2.24) is 0 Å². The zero-order valence-electron chi connectivity index (χ0n) is 15.7. The van der Waals surface area contributed by atoms with E-state index in [4.69, 9.17) is 9.47 Å². The summed E-state index contributed by atoms with van der Waals surface area (Å²) >= 11 is 0. The van der Waals surface area contributed by atoms with E-state index >= 15 is 0 Å². The lowest BCUT2D eigenvalue weighted by Crippen LogP contribution is -2.09. The molecule has 0 fully saturated rings. The van der Waals surface area contributed by atoms with Gasteiger partial charge < -0.3 is 14.2 Å². The number of alkyl halides is 2. The van der Waals surface area contributed by atoms with E-state index in [2.05, 4.69) is 4.74 Å². The van der Waals surface area contributed by atoms with Gasteiger partial charge in [0, 0.05) is 5.39 Å². The fourth-order valence-electron chi connectivity index (χ4n) is 2.64. The van der Waals surface area contributed by atoms with Crippen LogP contribution in [-0.2, 0) is 0 Å². The fourth-order valence-corrected chi connectivity index (χ4v) is 2.64. The van der Waals surface area contributed by atoms with Gasteiger partial charge in [-0.05, 0) is 60.8 Å². The number of allylic oxidation sites excluding steroid dienone is 1. The van der Waals surface area contributed by atoms with Gasteiger partial charge in [0.1, 0.15) is 18.1 Å².